The summed E-state index contributed by atoms with van der Waals surface area (Å²) >= 11 is 0. The van der Waals surface area contributed by atoms with Crippen LogP contribution >= 0.6 is 0 Å². The van der Waals surface area contributed by atoms with Gasteiger partial charge in [-0.2, -0.15) is 0 Å². The second-order valence-corrected chi connectivity index (χ2v) is 14.3. The van der Waals surface area contributed by atoms with Crippen LogP contribution in [0.5, 0.6) is 0 Å². The molecule has 5 unspecified atom stereocenters. The van der Waals surface area contributed by atoms with Crippen LogP contribution in [0, 0.1) is 0 Å². The van der Waals surface area contributed by atoms with E-state index in [4.69, 9.17) is 0 Å². The summed E-state index contributed by atoms with van der Waals surface area (Å²) in [7, 11) is 10.9. The van der Waals surface area contributed by atoms with Crippen LogP contribution in [-0.2, 0) is 0 Å². The van der Waals surface area contributed by atoms with Crippen LogP contribution in [0.2, 0.25) is 0 Å². The molecular weight excluding hydrogens is 536 g/mol. The van der Waals surface area contributed by atoms with Gasteiger partial charge in [0, 0.05) is 115 Å². The van der Waals surface area contributed by atoms with Crippen molar-refractivity contribution in [3.8, 4) is 0 Å². The largest absolute Gasteiger partial charge is 0.315 e. The Kier molecular flexibility index (Phi) is 20.0. The van der Waals surface area contributed by atoms with E-state index in [9.17, 15) is 0 Å². The maximum atomic E-state index is 3.47. The monoisotopic (exact) mass is 611 g/mol. The Balaban J connectivity index is 0.000000189. The zero-order valence-corrected chi connectivity index (χ0v) is 30.0. The molecule has 6 heterocycles. The lowest BCUT2D eigenvalue weighted by Crippen LogP contribution is -2.52. The SMILES string of the molecule is CC1CN(C)C(C)CN1.CC1CN(C)CC(C)N1.CN1CCCNCC1.CN1CCN2CCCC2C1.CN1CCNCC1. The van der Waals surface area contributed by atoms with Crippen molar-refractivity contribution in [3.63, 3.8) is 0 Å². The first kappa shape index (κ1) is 38.8. The highest BCUT2D eigenvalue weighted by Gasteiger charge is 2.28. The summed E-state index contributed by atoms with van der Waals surface area (Å²) in [6, 6.07) is 3.61. The molecule has 0 bridgehead atoms. The van der Waals surface area contributed by atoms with E-state index in [2.05, 4.69) is 114 Å². The van der Waals surface area contributed by atoms with E-state index in [0.717, 1.165) is 32.2 Å². The Morgan fingerprint density at radius 2 is 1.12 bits per heavy atom. The van der Waals surface area contributed by atoms with Crippen molar-refractivity contribution < 1.29 is 0 Å². The van der Waals surface area contributed by atoms with Crippen LogP contribution in [-0.4, -0.2) is 200 Å². The lowest BCUT2D eigenvalue weighted by atomic mass is 10.2. The molecule has 5 atom stereocenters. The normalized spacial score (nSPS) is 33.6. The molecule has 0 saturated carbocycles. The molecule has 43 heavy (non-hydrogen) atoms. The van der Waals surface area contributed by atoms with Gasteiger partial charge in [0.2, 0.25) is 0 Å². The summed E-state index contributed by atoms with van der Waals surface area (Å²) in [4.78, 5) is 14.5. The second kappa shape index (κ2) is 22.2. The molecule has 10 nitrogen and oxygen atoms in total. The predicted octanol–water partition coefficient (Wildman–Crippen LogP) is 0.426. The molecule has 0 amide bonds. The molecule has 256 valence electrons. The number of nitrogens with one attached hydrogen (secondary N) is 4. The van der Waals surface area contributed by atoms with Gasteiger partial charge in [0.1, 0.15) is 0 Å². The van der Waals surface area contributed by atoms with Gasteiger partial charge in [-0.25, -0.2) is 0 Å². The zero-order chi connectivity index (χ0) is 31.6. The van der Waals surface area contributed by atoms with Gasteiger partial charge in [0.05, 0.1) is 0 Å². The molecule has 0 aromatic heterocycles. The third-order valence-corrected chi connectivity index (χ3v) is 9.51. The Labute approximate surface area is 267 Å². The van der Waals surface area contributed by atoms with Gasteiger partial charge in [0.25, 0.3) is 0 Å². The Hall–Kier alpha value is -0.400. The second-order valence-electron chi connectivity index (χ2n) is 14.3. The summed E-state index contributed by atoms with van der Waals surface area (Å²) in [6.07, 6.45) is 4.17. The van der Waals surface area contributed by atoms with Crippen molar-refractivity contribution in [1.29, 1.82) is 0 Å². The number of fused-ring (bicyclic) bond motifs is 1. The molecule has 0 aromatic carbocycles. The van der Waals surface area contributed by atoms with E-state index in [1.54, 1.807) is 0 Å². The highest BCUT2D eigenvalue weighted by Crippen LogP contribution is 2.20. The highest BCUT2D eigenvalue weighted by molar-refractivity contribution is 4.85. The summed E-state index contributed by atoms with van der Waals surface area (Å²) in [5.41, 5.74) is 0. The minimum atomic E-state index is 0.666. The summed E-state index contributed by atoms with van der Waals surface area (Å²) in [5.74, 6) is 0. The molecule has 0 aliphatic carbocycles. The van der Waals surface area contributed by atoms with Crippen LogP contribution in [0.15, 0.2) is 0 Å². The van der Waals surface area contributed by atoms with Gasteiger partial charge in [-0.1, -0.05) is 0 Å². The molecule has 6 fully saturated rings. The maximum absolute atomic E-state index is 3.47. The van der Waals surface area contributed by atoms with E-state index < -0.39 is 0 Å². The summed E-state index contributed by atoms with van der Waals surface area (Å²) in [6.45, 7) is 28.4. The minimum absolute atomic E-state index is 0.666. The quantitative estimate of drug-likeness (QED) is 0.311. The van der Waals surface area contributed by atoms with E-state index in [1.165, 1.54) is 97.8 Å². The van der Waals surface area contributed by atoms with Crippen molar-refractivity contribution >= 4 is 0 Å². The smallest absolute Gasteiger partial charge is 0.0224 e. The topological polar surface area (TPSA) is 67.6 Å². The summed E-state index contributed by atoms with van der Waals surface area (Å²) in [5, 5.41) is 13.5. The number of hydrogen-bond donors (Lipinski definition) is 4. The van der Waals surface area contributed by atoms with Gasteiger partial charge in [0.15, 0.2) is 0 Å². The number of rotatable bonds is 0. The van der Waals surface area contributed by atoms with Crippen LogP contribution in [0.25, 0.3) is 0 Å². The average Bonchev–Trinajstić information content (AvgIpc) is 3.28. The minimum Gasteiger partial charge on any atom is -0.315 e. The third-order valence-electron chi connectivity index (χ3n) is 9.51. The third kappa shape index (κ3) is 17.8. The predicted molar refractivity (Wildman–Crippen MR) is 187 cm³/mol. The van der Waals surface area contributed by atoms with Crippen molar-refractivity contribution in [3.05, 3.63) is 0 Å². The fourth-order valence-electron chi connectivity index (χ4n) is 6.71. The number of piperazine rings is 4. The average molecular weight is 611 g/mol. The first-order valence-corrected chi connectivity index (χ1v) is 17.6. The standard InChI is InChI=1S/C8H16N2.2C7H16N2.C6H14N2.C5H12N2/c1-9-5-6-10-4-2-3-8(10)7-9;1-6-5-9(3)7(2)4-8-6;1-6-4-9(3)5-7(2)8-6;1-8-5-2-3-7-4-6-8;1-7-4-2-6-3-5-7/h8H,2-7H2,1H3;2*6-8H,4-5H2,1-3H3;7H,2-6H2,1H3;6H,2-5H2,1H3. The molecule has 10 heteroatoms. The van der Waals surface area contributed by atoms with Crippen molar-refractivity contribution in [2.75, 3.05) is 140 Å². The first-order chi connectivity index (χ1) is 20.5. The Bertz CT molecular complexity index is 645. The van der Waals surface area contributed by atoms with E-state index in [-0.39, 0.29) is 0 Å². The molecule has 0 spiro atoms. The van der Waals surface area contributed by atoms with Gasteiger partial charge < -0.3 is 45.8 Å². The zero-order valence-electron chi connectivity index (χ0n) is 30.0. The van der Waals surface area contributed by atoms with Gasteiger partial charge >= 0.3 is 0 Å². The van der Waals surface area contributed by atoms with Gasteiger partial charge in [-0.05, 0) is 102 Å². The molecule has 6 rings (SSSR count). The fourth-order valence-corrected chi connectivity index (χ4v) is 6.71. The van der Waals surface area contributed by atoms with E-state index in [1.807, 2.05) is 0 Å². The van der Waals surface area contributed by atoms with Crippen LogP contribution in [0.3, 0.4) is 0 Å². The lowest BCUT2D eigenvalue weighted by molar-refractivity contribution is 0.124. The molecule has 6 saturated heterocycles. The van der Waals surface area contributed by atoms with Gasteiger partial charge in [-0.15, -0.1) is 0 Å². The lowest BCUT2D eigenvalue weighted by Gasteiger charge is -2.35. The van der Waals surface area contributed by atoms with Crippen LogP contribution < -0.4 is 21.3 Å². The van der Waals surface area contributed by atoms with Crippen LogP contribution in [0.4, 0.5) is 0 Å². The van der Waals surface area contributed by atoms with Crippen LogP contribution in [0.1, 0.15) is 47.0 Å². The fraction of sp³-hybridized carbons (Fsp3) is 1.00. The van der Waals surface area contributed by atoms with E-state index >= 15 is 0 Å². The Morgan fingerprint density at radius 3 is 1.67 bits per heavy atom. The molecule has 6 aliphatic rings. The molecule has 0 radical (unpaired) electrons. The van der Waals surface area contributed by atoms with E-state index in [0.29, 0.717) is 24.2 Å². The highest BCUT2D eigenvalue weighted by atomic mass is 15.3. The molecular formula is C33H74N10. The summed E-state index contributed by atoms with van der Waals surface area (Å²) < 4.78 is 0. The van der Waals surface area contributed by atoms with Crippen molar-refractivity contribution in [1.82, 2.24) is 50.7 Å². The molecule has 6 aliphatic heterocycles. The molecule has 4 N–H and O–H groups in total. The van der Waals surface area contributed by atoms with Crippen molar-refractivity contribution in [2.45, 2.75) is 77.2 Å². The first-order valence-electron chi connectivity index (χ1n) is 17.6. The van der Waals surface area contributed by atoms with Crippen molar-refractivity contribution in [2.24, 2.45) is 0 Å². The number of nitrogens with zero attached hydrogens (tertiary/aromatic N) is 6. The maximum Gasteiger partial charge on any atom is 0.0224 e. The Morgan fingerprint density at radius 1 is 0.512 bits per heavy atom. The van der Waals surface area contributed by atoms with Gasteiger partial charge in [-0.3, -0.25) is 4.90 Å². The molecule has 0 aromatic rings. The number of likely N-dealkylation sites (N-methyl/N-ethyl adjacent to an activating group) is 5. The number of hydrogen-bond acceptors (Lipinski definition) is 10.